The summed E-state index contributed by atoms with van der Waals surface area (Å²) in [5, 5.41) is 1.18. The minimum atomic E-state index is 0.205. The molecule has 5 aromatic rings. The highest BCUT2D eigenvalue weighted by molar-refractivity contribution is 5.84. The van der Waals surface area contributed by atoms with Crippen molar-refractivity contribution >= 4 is 16.6 Å². The number of anilines is 1. The lowest BCUT2D eigenvalue weighted by molar-refractivity contribution is 0.0121. The van der Waals surface area contributed by atoms with Crippen LogP contribution in [0.1, 0.15) is 41.0 Å². The Morgan fingerprint density at radius 3 is 2.32 bits per heavy atom. The summed E-state index contributed by atoms with van der Waals surface area (Å²) < 4.78 is 5.69. The number of hydrogen-bond donors (Lipinski definition) is 0. The molecule has 5 atom stereocenters. The molecule has 44 heavy (non-hydrogen) atoms. The number of hydrogen-bond acceptors (Lipinski definition) is 4. The molecule has 3 saturated heterocycles. The average molecular weight is 580 g/mol. The fraction of sp³-hybridized carbons (Fsp3) is 0.275. The first-order chi connectivity index (χ1) is 21.7. The van der Waals surface area contributed by atoms with Gasteiger partial charge in [-0.15, -0.1) is 6.58 Å². The number of rotatable bonds is 10. The van der Waals surface area contributed by atoms with E-state index < -0.39 is 0 Å². The molecule has 4 nitrogen and oxygen atoms in total. The van der Waals surface area contributed by atoms with Crippen LogP contribution in [0.15, 0.2) is 128 Å². The van der Waals surface area contributed by atoms with E-state index in [1.807, 2.05) is 12.3 Å². The van der Waals surface area contributed by atoms with Crippen LogP contribution in [0.2, 0.25) is 0 Å². The van der Waals surface area contributed by atoms with Gasteiger partial charge in [-0.3, -0.25) is 9.88 Å². The molecule has 3 fully saturated rings. The number of aromatic nitrogens is 1. The molecule has 3 aliphatic rings. The van der Waals surface area contributed by atoms with Gasteiger partial charge in [-0.05, 0) is 89.9 Å². The summed E-state index contributed by atoms with van der Waals surface area (Å²) >= 11 is 0. The number of nitrogens with zero attached hydrogens (tertiary/aromatic N) is 3. The maximum absolute atomic E-state index is 5.69. The molecule has 0 radical (unpaired) electrons. The van der Waals surface area contributed by atoms with Gasteiger partial charge in [0.25, 0.3) is 0 Å². The number of piperidine rings is 3. The molecule has 8 rings (SSSR count). The van der Waals surface area contributed by atoms with E-state index in [0.717, 1.165) is 37.4 Å². The molecule has 4 heterocycles. The van der Waals surface area contributed by atoms with E-state index in [0.29, 0.717) is 17.9 Å². The molecule has 222 valence electrons. The Morgan fingerprint density at radius 1 is 0.909 bits per heavy atom. The van der Waals surface area contributed by atoms with Crippen LogP contribution in [0, 0.1) is 11.8 Å². The Morgan fingerprint density at radius 2 is 1.66 bits per heavy atom. The van der Waals surface area contributed by atoms with Crippen molar-refractivity contribution in [2.24, 2.45) is 11.8 Å². The second-order valence-corrected chi connectivity index (χ2v) is 12.4. The molecule has 4 heteroatoms. The molecule has 4 aromatic carbocycles. The first kappa shape index (κ1) is 28.4. The van der Waals surface area contributed by atoms with Crippen molar-refractivity contribution < 1.29 is 4.74 Å². The molecule has 0 amide bonds. The SMILES string of the molecule is C=CC1CN2CCC1CC2[C@@H](c1cccc(N(Cc2ccccc2)Cc2ccccc2)c1)c1ccnc2ccc(OC)cc12. The van der Waals surface area contributed by atoms with Gasteiger partial charge in [0, 0.05) is 48.9 Å². The lowest BCUT2D eigenvalue weighted by atomic mass is 9.69. The van der Waals surface area contributed by atoms with Crippen molar-refractivity contribution in [1.29, 1.82) is 0 Å². The molecule has 3 aliphatic heterocycles. The van der Waals surface area contributed by atoms with E-state index in [-0.39, 0.29) is 5.92 Å². The van der Waals surface area contributed by atoms with Crippen LogP contribution in [-0.4, -0.2) is 36.1 Å². The maximum Gasteiger partial charge on any atom is 0.119 e. The summed E-state index contributed by atoms with van der Waals surface area (Å²) in [6, 6.07) is 39.9. The third-order valence-corrected chi connectivity index (χ3v) is 9.88. The van der Waals surface area contributed by atoms with Crippen LogP contribution in [0.4, 0.5) is 5.69 Å². The Bertz CT molecular complexity index is 1680. The summed E-state index contributed by atoms with van der Waals surface area (Å²) in [7, 11) is 1.74. The fourth-order valence-electron chi connectivity index (χ4n) is 7.64. The van der Waals surface area contributed by atoms with Crippen molar-refractivity contribution in [3.8, 4) is 5.75 Å². The molecule has 0 spiro atoms. The molecule has 4 unspecified atom stereocenters. The van der Waals surface area contributed by atoms with Crippen molar-refractivity contribution in [2.75, 3.05) is 25.1 Å². The standard InChI is InChI=1S/C40H41N3O/c1-3-31-28-42-22-20-32(31)24-39(42)40(36-19-21-41-38-18-17-35(44-2)25-37(36)38)33-15-10-16-34(23-33)43(26-29-11-6-4-7-12-29)27-30-13-8-5-9-14-30/h3-19,21,23,25,31-32,39-40H,1,20,22,24,26-28H2,2H3/t31?,32?,39?,40-/m0/s1. The van der Waals surface area contributed by atoms with Gasteiger partial charge in [0.2, 0.25) is 0 Å². The first-order valence-electron chi connectivity index (χ1n) is 15.9. The Kier molecular flexibility index (Phi) is 8.17. The normalized spacial score (nSPS) is 21.6. The third kappa shape index (κ3) is 5.75. The molecule has 2 bridgehead atoms. The quantitative estimate of drug-likeness (QED) is 0.155. The van der Waals surface area contributed by atoms with E-state index in [1.165, 1.54) is 46.2 Å². The number of benzene rings is 4. The fourth-order valence-corrected chi connectivity index (χ4v) is 7.64. The molecule has 0 saturated carbocycles. The predicted octanol–water partition coefficient (Wildman–Crippen LogP) is 8.48. The van der Waals surface area contributed by atoms with E-state index >= 15 is 0 Å². The second kappa shape index (κ2) is 12.7. The van der Waals surface area contributed by atoms with Crippen molar-refractivity contribution in [1.82, 2.24) is 9.88 Å². The van der Waals surface area contributed by atoms with Gasteiger partial charge in [-0.1, -0.05) is 78.9 Å². The molecule has 0 N–H and O–H groups in total. The molecule has 1 aromatic heterocycles. The van der Waals surface area contributed by atoms with Gasteiger partial charge in [-0.2, -0.15) is 0 Å². The predicted molar refractivity (Wildman–Crippen MR) is 181 cm³/mol. The van der Waals surface area contributed by atoms with Crippen LogP contribution >= 0.6 is 0 Å². The topological polar surface area (TPSA) is 28.6 Å². The summed E-state index contributed by atoms with van der Waals surface area (Å²) in [6.45, 7) is 8.13. The Balaban J connectivity index is 1.34. The maximum atomic E-state index is 5.69. The average Bonchev–Trinajstić information content (AvgIpc) is 3.09. The van der Waals surface area contributed by atoms with Gasteiger partial charge in [0.1, 0.15) is 5.75 Å². The monoisotopic (exact) mass is 579 g/mol. The van der Waals surface area contributed by atoms with Crippen LogP contribution in [0.25, 0.3) is 10.9 Å². The highest BCUT2D eigenvalue weighted by Crippen LogP contribution is 2.46. The van der Waals surface area contributed by atoms with Gasteiger partial charge in [0.05, 0.1) is 12.6 Å². The van der Waals surface area contributed by atoms with Gasteiger partial charge in [0.15, 0.2) is 0 Å². The van der Waals surface area contributed by atoms with Gasteiger partial charge >= 0.3 is 0 Å². The zero-order valence-corrected chi connectivity index (χ0v) is 25.6. The van der Waals surface area contributed by atoms with Crippen LogP contribution in [0.3, 0.4) is 0 Å². The van der Waals surface area contributed by atoms with Crippen LogP contribution < -0.4 is 9.64 Å². The van der Waals surface area contributed by atoms with Crippen molar-refractivity contribution in [3.63, 3.8) is 0 Å². The van der Waals surface area contributed by atoms with Crippen LogP contribution in [0.5, 0.6) is 5.75 Å². The van der Waals surface area contributed by atoms with E-state index in [2.05, 4.69) is 126 Å². The summed E-state index contributed by atoms with van der Waals surface area (Å²) in [5.41, 5.74) is 7.57. The first-order valence-corrected chi connectivity index (χ1v) is 15.9. The summed E-state index contributed by atoms with van der Waals surface area (Å²) in [4.78, 5) is 10.0. The minimum absolute atomic E-state index is 0.205. The molecular formula is C40H41N3O. The second-order valence-electron chi connectivity index (χ2n) is 12.4. The van der Waals surface area contributed by atoms with Gasteiger partial charge < -0.3 is 9.64 Å². The van der Waals surface area contributed by atoms with E-state index in [9.17, 15) is 0 Å². The van der Waals surface area contributed by atoms with Crippen LogP contribution in [-0.2, 0) is 13.1 Å². The lowest BCUT2D eigenvalue weighted by Crippen LogP contribution is -2.55. The lowest BCUT2D eigenvalue weighted by Gasteiger charge is -2.52. The Hall–Kier alpha value is -4.41. The summed E-state index contributed by atoms with van der Waals surface area (Å²) in [6.07, 6.45) is 6.62. The highest BCUT2D eigenvalue weighted by atomic mass is 16.5. The van der Waals surface area contributed by atoms with Crippen molar-refractivity contribution in [2.45, 2.75) is 37.9 Å². The van der Waals surface area contributed by atoms with Gasteiger partial charge in [-0.25, -0.2) is 0 Å². The highest BCUT2D eigenvalue weighted by Gasteiger charge is 2.43. The molecular weight excluding hydrogens is 538 g/mol. The largest absolute Gasteiger partial charge is 0.497 e. The summed E-state index contributed by atoms with van der Waals surface area (Å²) in [5.74, 6) is 2.33. The van der Waals surface area contributed by atoms with Crippen molar-refractivity contribution in [3.05, 3.63) is 150 Å². The smallest absolute Gasteiger partial charge is 0.119 e. The zero-order chi connectivity index (χ0) is 29.9. The molecule has 0 aliphatic carbocycles. The van der Waals surface area contributed by atoms with E-state index in [4.69, 9.17) is 9.72 Å². The zero-order valence-electron chi connectivity index (χ0n) is 25.6. The minimum Gasteiger partial charge on any atom is -0.497 e. The third-order valence-electron chi connectivity index (χ3n) is 9.88. The number of methoxy groups -OCH3 is 1. The van der Waals surface area contributed by atoms with E-state index in [1.54, 1.807) is 7.11 Å². The number of ether oxygens (including phenoxy) is 1. The number of pyridine rings is 1. The Labute approximate surface area is 261 Å². The number of fused-ring (bicyclic) bond motifs is 4.